The van der Waals surface area contributed by atoms with Gasteiger partial charge in [0.25, 0.3) is 0 Å². The monoisotopic (exact) mass is 339 g/mol. The summed E-state index contributed by atoms with van der Waals surface area (Å²) < 4.78 is 0. The average molecular weight is 339 g/mol. The minimum absolute atomic E-state index is 0.0513. The Kier molecular flexibility index (Phi) is 4.50. The van der Waals surface area contributed by atoms with Gasteiger partial charge in [-0.3, -0.25) is 9.79 Å². The van der Waals surface area contributed by atoms with E-state index in [0.717, 1.165) is 16.9 Å². The Morgan fingerprint density at radius 1 is 1.28 bits per heavy atom. The highest BCUT2D eigenvalue weighted by Gasteiger charge is 2.32. The summed E-state index contributed by atoms with van der Waals surface area (Å²) in [6.07, 6.45) is 2.46. The number of para-hydroxylation sites is 2. The topological polar surface area (TPSA) is 78.3 Å². The van der Waals surface area contributed by atoms with Gasteiger partial charge in [0.05, 0.1) is 16.6 Å². The quantitative estimate of drug-likeness (QED) is 0.803. The normalized spacial score (nSPS) is 19.3. The molecule has 1 aliphatic rings. The van der Waals surface area contributed by atoms with Crippen molar-refractivity contribution < 1.29 is 9.90 Å². The van der Waals surface area contributed by atoms with E-state index >= 15 is 0 Å². The van der Waals surface area contributed by atoms with E-state index in [1.54, 1.807) is 0 Å². The number of carbonyl (C=O) groups excluding carboxylic acids is 1. The molecule has 0 saturated carbocycles. The first-order valence-electron chi connectivity index (χ1n) is 8.70. The van der Waals surface area contributed by atoms with Crippen LogP contribution in [0.3, 0.4) is 0 Å². The Balaban J connectivity index is 1.92. The Hall–Kier alpha value is -2.43. The third kappa shape index (κ3) is 3.65. The molecule has 0 unspecified atom stereocenters. The number of aliphatic hydroxyl groups excluding tert-OH is 1. The Bertz CT molecular complexity index is 826. The van der Waals surface area contributed by atoms with E-state index < -0.39 is 0 Å². The second-order valence-corrected chi connectivity index (χ2v) is 7.91. The van der Waals surface area contributed by atoms with Crippen LogP contribution >= 0.6 is 0 Å². The second-order valence-electron chi connectivity index (χ2n) is 7.91. The molecule has 5 nitrogen and oxygen atoms in total. The first kappa shape index (κ1) is 17.4. The lowest BCUT2D eigenvalue weighted by Gasteiger charge is -2.28. The van der Waals surface area contributed by atoms with E-state index in [0.29, 0.717) is 18.4 Å². The SMILES string of the molecule is CC(C)[C@@H](N=CC1=C(O)CC(C)(C)CC1=O)c1nc2ccccc2[nH]1. The average Bonchev–Trinajstić information content (AvgIpc) is 2.91. The smallest absolute Gasteiger partial charge is 0.168 e. The molecule has 3 rings (SSSR count). The standard InChI is InChI=1S/C20H25N3O2/c1-12(2)18(19-22-14-7-5-6-8-15(14)23-19)21-11-13-16(24)9-20(3,4)10-17(13)25/h5-8,11-12,18,24H,9-10H2,1-4H3,(H,22,23)/t18-/m1/s1. The third-order valence-electron chi connectivity index (χ3n) is 4.58. The molecule has 0 fully saturated rings. The molecule has 0 aliphatic heterocycles. The van der Waals surface area contributed by atoms with Crippen LogP contribution in [0.15, 0.2) is 40.6 Å². The summed E-state index contributed by atoms with van der Waals surface area (Å²) in [5.41, 5.74) is 2.00. The minimum Gasteiger partial charge on any atom is -0.511 e. The van der Waals surface area contributed by atoms with Crippen LogP contribution in [0.1, 0.15) is 52.4 Å². The molecular weight excluding hydrogens is 314 g/mol. The Labute approximate surface area is 147 Å². The van der Waals surface area contributed by atoms with Crippen LogP contribution in [0.5, 0.6) is 0 Å². The van der Waals surface area contributed by atoms with Gasteiger partial charge in [0.2, 0.25) is 0 Å². The first-order chi connectivity index (χ1) is 11.8. The van der Waals surface area contributed by atoms with Crippen molar-refractivity contribution in [3.63, 3.8) is 0 Å². The highest BCUT2D eigenvalue weighted by atomic mass is 16.3. The van der Waals surface area contributed by atoms with E-state index in [-0.39, 0.29) is 28.9 Å². The summed E-state index contributed by atoms with van der Waals surface area (Å²) in [6, 6.07) is 7.65. The maximum Gasteiger partial charge on any atom is 0.168 e. The number of aliphatic hydroxyl groups is 1. The molecule has 2 N–H and O–H groups in total. The summed E-state index contributed by atoms with van der Waals surface area (Å²) in [5, 5.41) is 10.3. The number of nitrogens with one attached hydrogen (secondary N) is 1. The van der Waals surface area contributed by atoms with Crippen molar-refractivity contribution in [1.82, 2.24) is 9.97 Å². The van der Waals surface area contributed by atoms with Crippen molar-refractivity contribution in [3.05, 3.63) is 41.4 Å². The molecule has 25 heavy (non-hydrogen) atoms. The van der Waals surface area contributed by atoms with Gasteiger partial charge in [-0.15, -0.1) is 0 Å². The lowest BCUT2D eigenvalue weighted by atomic mass is 9.77. The van der Waals surface area contributed by atoms with Crippen molar-refractivity contribution in [3.8, 4) is 0 Å². The summed E-state index contributed by atoms with van der Waals surface area (Å²) in [6.45, 7) is 8.10. The molecule has 0 bridgehead atoms. The van der Waals surface area contributed by atoms with Crippen molar-refractivity contribution in [1.29, 1.82) is 0 Å². The number of fused-ring (bicyclic) bond motifs is 1. The number of rotatable bonds is 4. The van der Waals surface area contributed by atoms with Gasteiger partial charge in [-0.1, -0.05) is 39.8 Å². The van der Waals surface area contributed by atoms with Gasteiger partial charge in [0, 0.05) is 19.1 Å². The lowest BCUT2D eigenvalue weighted by Crippen LogP contribution is -2.26. The predicted molar refractivity (Wildman–Crippen MR) is 99.8 cm³/mol. The highest BCUT2D eigenvalue weighted by molar-refractivity contribution is 6.14. The summed E-state index contributed by atoms with van der Waals surface area (Å²) in [7, 11) is 0. The molecule has 0 radical (unpaired) electrons. The fourth-order valence-corrected chi connectivity index (χ4v) is 3.27. The minimum atomic E-state index is -0.200. The molecule has 5 heteroatoms. The number of Topliss-reactive ketones (excluding diaryl/α,β-unsaturated/α-hetero) is 1. The van der Waals surface area contributed by atoms with E-state index in [1.165, 1.54) is 6.21 Å². The van der Waals surface area contributed by atoms with Crippen molar-refractivity contribution >= 4 is 23.0 Å². The Morgan fingerprint density at radius 2 is 2.00 bits per heavy atom. The maximum absolute atomic E-state index is 12.3. The largest absolute Gasteiger partial charge is 0.511 e. The van der Waals surface area contributed by atoms with E-state index in [2.05, 4.69) is 28.8 Å². The zero-order chi connectivity index (χ0) is 18.2. The molecule has 0 spiro atoms. The van der Waals surface area contributed by atoms with E-state index in [4.69, 9.17) is 0 Å². The molecule has 1 aromatic heterocycles. The number of hydrogen-bond acceptors (Lipinski definition) is 4. The molecule has 0 saturated heterocycles. The number of benzene rings is 1. The van der Waals surface area contributed by atoms with Gasteiger partial charge in [0.1, 0.15) is 17.6 Å². The summed E-state index contributed by atoms with van der Waals surface area (Å²) >= 11 is 0. The summed E-state index contributed by atoms with van der Waals surface area (Å²) in [5.74, 6) is 1.06. The van der Waals surface area contributed by atoms with Crippen LogP contribution < -0.4 is 0 Å². The van der Waals surface area contributed by atoms with Crippen LogP contribution in [0, 0.1) is 11.3 Å². The number of carbonyl (C=O) groups is 1. The second kappa shape index (κ2) is 6.47. The van der Waals surface area contributed by atoms with Gasteiger partial charge >= 0.3 is 0 Å². The van der Waals surface area contributed by atoms with Crippen molar-refractivity contribution in [2.24, 2.45) is 16.3 Å². The molecule has 2 aromatic rings. The summed E-state index contributed by atoms with van der Waals surface area (Å²) in [4.78, 5) is 24.9. The van der Waals surface area contributed by atoms with Crippen LogP contribution in [-0.2, 0) is 4.79 Å². The molecule has 132 valence electrons. The zero-order valence-corrected chi connectivity index (χ0v) is 15.2. The first-order valence-corrected chi connectivity index (χ1v) is 8.70. The number of ketones is 1. The number of aromatic nitrogens is 2. The van der Waals surface area contributed by atoms with Crippen LogP contribution in [0.25, 0.3) is 11.0 Å². The maximum atomic E-state index is 12.3. The van der Waals surface area contributed by atoms with Gasteiger partial charge in [-0.05, 0) is 23.5 Å². The number of H-pyrrole nitrogens is 1. The molecule has 1 aliphatic carbocycles. The number of hydrogen-bond donors (Lipinski definition) is 2. The molecule has 0 amide bonds. The van der Waals surface area contributed by atoms with E-state index in [1.807, 2.05) is 38.1 Å². The molecule has 1 atom stereocenters. The highest BCUT2D eigenvalue weighted by Crippen LogP contribution is 2.35. The Morgan fingerprint density at radius 3 is 2.64 bits per heavy atom. The van der Waals surface area contributed by atoms with Crippen LogP contribution in [0.4, 0.5) is 0 Å². The zero-order valence-electron chi connectivity index (χ0n) is 15.2. The van der Waals surface area contributed by atoms with Gasteiger partial charge < -0.3 is 10.1 Å². The molecule has 1 heterocycles. The lowest BCUT2D eigenvalue weighted by molar-refractivity contribution is -0.117. The van der Waals surface area contributed by atoms with Crippen LogP contribution in [0.2, 0.25) is 0 Å². The number of allylic oxidation sites excluding steroid dienone is 2. The number of imidazole rings is 1. The van der Waals surface area contributed by atoms with Gasteiger partial charge in [-0.25, -0.2) is 4.98 Å². The third-order valence-corrected chi connectivity index (χ3v) is 4.58. The number of aromatic amines is 1. The molecular formula is C20H25N3O2. The van der Waals surface area contributed by atoms with Gasteiger partial charge in [0.15, 0.2) is 5.78 Å². The van der Waals surface area contributed by atoms with E-state index in [9.17, 15) is 9.90 Å². The van der Waals surface area contributed by atoms with Gasteiger partial charge in [-0.2, -0.15) is 0 Å². The number of aliphatic imine (C=N–C) groups is 1. The number of nitrogens with zero attached hydrogens (tertiary/aromatic N) is 2. The van der Waals surface area contributed by atoms with Crippen LogP contribution in [-0.4, -0.2) is 27.1 Å². The van der Waals surface area contributed by atoms with Crippen molar-refractivity contribution in [2.45, 2.75) is 46.6 Å². The predicted octanol–water partition coefficient (Wildman–Crippen LogP) is 4.53. The fraction of sp³-hybridized carbons (Fsp3) is 0.450. The molecule has 1 aromatic carbocycles. The fourth-order valence-electron chi connectivity index (χ4n) is 3.27. The van der Waals surface area contributed by atoms with Crippen molar-refractivity contribution in [2.75, 3.05) is 0 Å².